The van der Waals surface area contributed by atoms with Crippen molar-refractivity contribution in [2.75, 3.05) is 79.4 Å². The van der Waals surface area contributed by atoms with E-state index in [-0.39, 0.29) is 24.0 Å². The van der Waals surface area contributed by atoms with Gasteiger partial charge in [0, 0.05) is 45.9 Å². The minimum Gasteiger partial charge on any atom is -0.382 e. The van der Waals surface area contributed by atoms with Crippen molar-refractivity contribution in [3.05, 3.63) is 0 Å². The summed E-state index contributed by atoms with van der Waals surface area (Å²) in [7, 11) is 1.68. The van der Waals surface area contributed by atoms with Gasteiger partial charge in [0.25, 0.3) is 0 Å². The monoisotopic (exact) mass is 456 g/mol. The number of guanidine groups is 1. The second-order valence-electron chi connectivity index (χ2n) is 5.88. The highest BCUT2D eigenvalue weighted by atomic mass is 127. The van der Waals surface area contributed by atoms with E-state index in [1.807, 2.05) is 0 Å². The molecule has 0 aromatic carbocycles. The van der Waals surface area contributed by atoms with Crippen molar-refractivity contribution in [2.45, 2.75) is 19.4 Å². The number of methoxy groups -OCH3 is 1. The molecule has 0 saturated carbocycles. The van der Waals surface area contributed by atoms with Crippen molar-refractivity contribution in [1.29, 1.82) is 0 Å². The number of morpholine rings is 1. The summed E-state index contributed by atoms with van der Waals surface area (Å²) in [6, 6.07) is 0.626. The number of halogens is 1. The molecule has 7 nitrogen and oxygen atoms in total. The third-order valence-electron chi connectivity index (χ3n) is 4.29. The van der Waals surface area contributed by atoms with Gasteiger partial charge < -0.3 is 24.4 Å². The van der Waals surface area contributed by atoms with Crippen molar-refractivity contribution in [3.63, 3.8) is 0 Å². The number of hydrogen-bond acceptors (Lipinski definition) is 5. The van der Waals surface area contributed by atoms with Gasteiger partial charge in [-0.2, -0.15) is 0 Å². The Bertz CT molecular complexity index is 354. The molecule has 8 heteroatoms. The summed E-state index contributed by atoms with van der Waals surface area (Å²) in [5, 5.41) is 3.40. The molecule has 0 aromatic rings. The van der Waals surface area contributed by atoms with Crippen LogP contribution in [0.25, 0.3) is 0 Å². The Labute approximate surface area is 163 Å². The first-order valence-electron chi connectivity index (χ1n) is 8.77. The molecule has 0 amide bonds. The van der Waals surface area contributed by atoms with Crippen LogP contribution in [0.15, 0.2) is 4.99 Å². The number of nitrogens with zero attached hydrogens (tertiary/aromatic N) is 3. The minimum atomic E-state index is 0. The summed E-state index contributed by atoms with van der Waals surface area (Å²) >= 11 is 0. The first kappa shape index (κ1) is 21.9. The van der Waals surface area contributed by atoms with Crippen LogP contribution in [0.4, 0.5) is 0 Å². The predicted octanol–water partition coefficient (Wildman–Crippen LogP) is 0.639. The summed E-state index contributed by atoms with van der Waals surface area (Å²) in [5.41, 5.74) is 0. The van der Waals surface area contributed by atoms with Crippen molar-refractivity contribution < 1.29 is 14.2 Å². The average Bonchev–Trinajstić information content (AvgIpc) is 3.08. The van der Waals surface area contributed by atoms with Gasteiger partial charge in [0.15, 0.2) is 5.96 Å². The third-order valence-corrected chi connectivity index (χ3v) is 4.29. The predicted molar refractivity (Wildman–Crippen MR) is 106 cm³/mol. The van der Waals surface area contributed by atoms with Crippen molar-refractivity contribution in [2.24, 2.45) is 4.99 Å². The SMILES string of the molecule is CCNC(=NCCOCCOC)N1CCC(N2CCOCC2)C1.I. The van der Waals surface area contributed by atoms with Gasteiger partial charge in [-0.1, -0.05) is 0 Å². The van der Waals surface area contributed by atoms with Gasteiger partial charge in [0.1, 0.15) is 0 Å². The first-order valence-corrected chi connectivity index (χ1v) is 8.77. The Morgan fingerprint density at radius 2 is 2.00 bits per heavy atom. The summed E-state index contributed by atoms with van der Waals surface area (Å²) in [4.78, 5) is 9.63. The molecule has 2 rings (SSSR count). The van der Waals surface area contributed by atoms with Crippen LogP contribution in [0.5, 0.6) is 0 Å². The van der Waals surface area contributed by atoms with Gasteiger partial charge in [-0.05, 0) is 13.3 Å². The molecule has 0 radical (unpaired) electrons. The summed E-state index contributed by atoms with van der Waals surface area (Å²) in [6.07, 6.45) is 1.20. The molecule has 1 atom stereocenters. The number of nitrogens with one attached hydrogen (secondary N) is 1. The van der Waals surface area contributed by atoms with Crippen LogP contribution in [0.2, 0.25) is 0 Å². The Morgan fingerprint density at radius 1 is 1.21 bits per heavy atom. The normalized spacial score (nSPS) is 22.5. The second-order valence-corrected chi connectivity index (χ2v) is 5.88. The maximum Gasteiger partial charge on any atom is 0.194 e. The third kappa shape index (κ3) is 7.38. The van der Waals surface area contributed by atoms with Crippen LogP contribution in [0.1, 0.15) is 13.3 Å². The lowest BCUT2D eigenvalue weighted by molar-refractivity contribution is 0.0194. The van der Waals surface area contributed by atoms with E-state index in [1.54, 1.807) is 7.11 Å². The fourth-order valence-corrected chi connectivity index (χ4v) is 3.06. The van der Waals surface area contributed by atoms with E-state index in [2.05, 4.69) is 22.0 Å². The topological polar surface area (TPSA) is 58.6 Å². The van der Waals surface area contributed by atoms with Crippen molar-refractivity contribution in [3.8, 4) is 0 Å². The number of aliphatic imine (C=N–C) groups is 1. The van der Waals surface area contributed by atoms with Crippen molar-refractivity contribution in [1.82, 2.24) is 15.1 Å². The Kier molecular flexibility index (Phi) is 11.9. The van der Waals surface area contributed by atoms with Crippen LogP contribution in [-0.4, -0.2) is 101 Å². The molecule has 1 N–H and O–H groups in total. The number of likely N-dealkylation sites (tertiary alicyclic amines) is 1. The lowest BCUT2D eigenvalue weighted by atomic mass is 10.2. The molecule has 24 heavy (non-hydrogen) atoms. The average molecular weight is 456 g/mol. The molecular formula is C16H33IN4O3. The van der Waals surface area contributed by atoms with Gasteiger partial charge in [0.2, 0.25) is 0 Å². The van der Waals surface area contributed by atoms with Gasteiger partial charge in [-0.3, -0.25) is 9.89 Å². The molecule has 0 aromatic heterocycles. The Hall–Kier alpha value is -0.160. The fraction of sp³-hybridized carbons (Fsp3) is 0.938. The second kappa shape index (κ2) is 13.1. The van der Waals surface area contributed by atoms with Crippen LogP contribution in [0.3, 0.4) is 0 Å². The fourth-order valence-electron chi connectivity index (χ4n) is 3.06. The highest BCUT2D eigenvalue weighted by molar-refractivity contribution is 14.0. The summed E-state index contributed by atoms with van der Waals surface area (Å²) in [6.45, 7) is 11.6. The quantitative estimate of drug-likeness (QED) is 0.251. The molecule has 0 bridgehead atoms. The minimum absolute atomic E-state index is 0. The van der Waals surface area contributed by atoms with Crippen LogP contribution >= 0.6 is 24.0 Å². The molecule has 0 spiro atoms. The Balaban J connectivity index is 0.00000288. The number of ether oxygens (including phenoxy) is 3. The Morgan fingerprint density at radius 3 is 2.71 bits per heavy atom. The largest absolute Gasteiger partial charge is 0.382 e. The molecule has 142 valence electrons. The van der Waals surface area contributed by atoms with E-state index >= 15 is 0 Å². The van der Waals surface area contributed by atoms with Crippen LogP contribution < -0.4 is 5.32 Å². The lowest BCUT2D eigenvalue weighted by Crippen LogP contribution is -2.46. The molecule has 2 heterocycles. The standard InChI is InChI=1S/C16H32N4O3.HI/c1-3-17-16(18-5-9-22-13-12-21-2)20-6-4-15(14-20)19-7-10-23-11-8-19;/h15H,3-14H2,1-2H3,(H,17,18);1H. The number of hydrogen-bond donors (Lipinski definition) is 1. The van der Waals surface area contributed by atoms with Crippen LogP contribution in [0, 0.1) is 0 Å². The number of rotatable bonds is 8. The molecule has 2 saturated heterocycles. The van der Waals surface area contributed by atoms with Gasteiger partial charge in [-0.15, -0.1) is 24.0 Å². The van der Waals surface area contributed by atoms with E-state index in [0.717, 1.165) is 51.9 Å². The van der Waals surface area contributed by atoms with E-state index in [9.17, 15) is 0 Å². The molecule has 2 fully saturated rings. The maximum atomic E-state index is 5.48. The van der Waals surface area contributed by atoms with E-state index < -0.39 is 0 Å². The summed E-state index contributed by atoms with van der Waals surface area (Å²) in [5.74, 6) is 1.01. The maximum absolute atomic E-state index is 5.48. The lowest BCUT2D eigenvalue weighted by Gasteiger charge is -2.32. The van der Waals surface area contributed by atoms with Gasteiger partial charge in [0.05, 0.1) is 39.6 Å². The van der Waals surface area contributed by atoms with Crippen molar-refractivity contribution >= 4 is 29.9 Å². The highest BCUT2D eigenvalue weighted by Crippen LogP contribution is 2.17. The molecule has 0 aliphatic carbocycles. The summed E-state index contributed by atoms with van der Waals surface area (Å²) < 4.78 is 15.9. The van der Waals surface area contributed by atoms with Crippen LogP contribution in [-0.2, 0) is 14.2 Å². The van der Waals surface area contributed by atoms with E-state index in [0.29, 0.717) is 32.4 Å². The smallest absolute Gasteiger partial charge is 0.194 e. The first-order chi connectivity index (χ1) is 11.3. The van der Waals surface area contributed by atoms with Gasteiger partial charge >= 0.3 is 0 Å². The highest BCUT2D eigenvalue weighted by Gasteiger charge is 2.30. The zero-order valence-electron chi connectivity index (χ0n) is 15.0. The molecule has 2 aliphatic rings. The zero-order valence-corrected chi connectivity index (χ0v) is 17.4. The van der Waals surface area contributed by atoms with E-state index in [4.69, 9.17) is 19.2 Å². The zero-order chi connectivity index (χ0) is 16.3. The molecule has 1 unspecified atom stereocenters. The molecule has 2 aliphatic heterocycles. The van der Waals surface area contributed by atoms with Gasteiger partial charge in [-0.25, -0.2) is 0 Å². The van der Waals surface area contributed by atoms with E-state index in [1.165, 1.54) is 6.42 Å². The molecular weight excluding hydrogens is 423 g/mol.